The van der Waals surface area contributed by atoms with Crippen molar-refractivity contribution in [3.05, 3.63) is 121 Å². The Hall–Kier alpha value is -4.74. The molecule has 0 radical (unpaired) electrons. The van der Waals surface area contributed by atoms with Gasteiger partial charge in [0.15, 0.2) is 5.82 Å². The molecule has 4 aromatic carbocycles. The highest BCUT2D eigenvalue weighted by atomic mass is 32.1. The average Bonchev–Trinajstić information content (AvgIpc) is 3.64. The number of thiol groups is 1. The Morgan fingerprint density at radius 2 is 1.51 bits per heavy atom. The number of pyridine rings is 1. The number of benzene rings is 4. The SMILES string of the molecule is Sc1c(C2=CC=CC2)c2ccccc2c2c3ncccc3n(-c3nc(-c4ccccc4)nc4ccccc34)c12. The number of hydrogen-bond acceptors (Lipinski definition) is 4. The van der Waals surface area contributed by atoms with Crippen LogP contribution in [0.25, 0.3) is 66.4 Å². The molecule has 3 aromatic heterocycles. The Morgan fingerprint density at radius 1 is 0.744 bits per heavy atom. The van der Waals surface area contributed by atoms with Crippen molar-refractivity contribution in [1.82, 2.24) is 19.5 Å². The van der Waals surface area contributed by atoms with Crippen LogP contribution in [0.1, 0.15) is 12.0 Å². The van der Waals surface area contributed by atoms with Crippen molar-refractivity contribution in [1.29, 1.82) is 0 Å². The Morgan fingerprint density at radius 3 is 2.33 bits per heavy atom. The van der Waals surface area contributed by atoms with Gasteiger partial charge in [-0.15, -0.1) is 12.6 Å². The first kappa shape index (κ1) is 22.3. The van der Waals surface area contributed by atoms with Crippen molar-refractivity contribution in [3.63, 3.8) is 0 Å². The lowest BCUT2D eigenvalue weighted by Gasteiger charge is -2.17. The predicted octanol–water partition coefficient (Wildman–Crippen LogP) is 8.57. The first-order valence-corrected chi connectivity index (χ1v) is 13.5. The van der Waals surface area contributed by atoms with Gasteiger partial charge in [0, 0.05) is 33.0 Å². The van der Waals surface area contributed by atoms with Gasteiger partial charge in [0.25, 0.3) is 0 Å². The van der Waals surface area contributed by atoms with Crippen LogP contribution < -0.4 is 0 Å². The highest BCUT2D eigenvalue weighted by Crippen LogP contribution is 2.45. The molecule has 8 rings (SSSR count). The van der Waals surface area contributed by atoms with E-state index in [1.807, 2.05) is 42.6 Å². The fourth-order valence-corrected chi connectivity index (χ4v) is 6.36. The van der Waals surface area contributed by atoms with Crippen molar-refractivity contribution in [3.8, 4) is 17.2 Å². The first-order valence-electron chi connectivity index (χ1n) is 13.0. The molecule has 0 atom stereocenters. The van der Waals surface area contributed by atoms with Crippen molar-refractivity contribution in [2.24, 2.45) is 0 Å². The van der Waals surface area contributed by atoms with Gasteiger partial charge in [-0.25, -0.2) is 9.97 Å². The number of para-hydroxylation sites is 1. The van der Waals surface area contributed by atoms with Crippen LogP contribution in [-0.2, 0) is 0 Å². The largest absolute Gasteiger partial charge is 0.290 e. The summed E-state index contributed by atoms with van der Waals surface area (Å²) in [5.74, 6) is 1.51. The summed E-state index contributed by atoms with van der Waals surface area (Å²) >= 11 is 5.27. The zero-order chi connectivity index (χ0) is 25.9. The second-order valence-electron chi connectivity index (χ2n) is 9.78. The van der Waals surface area contributed by atoms with E-state index in [4.69, 9.17) is 27.6 Å². The smallest absolute Gasteiger partial charge is 0.162 e. The van der Waals surface area contributed by atoms with Crippen LogP contribution >= 0.6 is 12.6 Å². The molecule has 0 fully saturated rings. The van der Waals surface area contributed by atoms with Crippen molar-refractivity contribution < 1.29 is 0 Å². The molecular formula is C34H22N4S. The summed E-state index contributed by atoms with van der Waals surface area (Å²) in [6, 6.07) is 31.1. The van der Waals surface area contributed by atoms with Gasteiger partial charge in [0.05, 0.1) is 22.1 Å². The molecule has 1 aliphatic carbocycles. The quantitative estimate of drug-likeness (QED) is 0.238. The van der Waals surface area contributed by atoms with Crippen molar-refractivity contribution >= 4 is 61.8 Å². The molecular weight excluding hydrogens is 496 g/mol. The highest BCUT2D eigenvalue weighted by Gasteiger charge is 2.25. The third-order valence-electron chi connectivity index (χ3n) is 7.57. The van der Waals surface area contributed by atoms with Gasteiger partial charge in [0.1, 0.15) is 5.82 Å². The van der Waals surface area contributed by atoms with E-state index in [1.165, 1.54) is 11.0 Å². The van der Waals surface area contributed by atoms with E-state index in [-0.39, 0.29) is 0 Å². The van der Waals surface area contributed by atoms with E-state index < -0.39 is 0 Å². The second kappa shape index (κ2) is 8.65. The van der Waals surface area contributed by atoms with Crippen LogP contribution in [0.5, 0.6) is 0 Å². The minimum atomic E-state index is 0.688. The number of hydrogen-bond donors (Lipinski definition) is 1. The molecule has 0 bridgehead atoms. The normalized spacial score (nSPS) is 13.2. The molecule has 184 valence electrons. The van der Waals surface area contributed by atoms with E-state index in [0.717, 1.165) is 66.5 Å². The Kier molecular flexibility index (Phi) is 4.94. The zero-order valence-electron chi connectivity index (χ0n) is 20.9. The van der Waals surface area contributed by atoms with Crippen LogP contribution in [0, 0.1) is 0 Å². The molecule has 0 aliphatic heterocycles. The van der Waals surface area contributed by atoms with Gasteiger partial charge in [-0.1, -0.05) is 85.0 Å². The van der Waals surface area contributed by atoms with E-state index in [9.17, 15) is 0 Å². The van der Waals surface area contributed by atoms with E-state index in [0.29, 0.717) is 5.82 Å². The van der Waals surface area contributed by atoms with Gasteiger partial charge in [-0.05, 0) is 47.0 Å². The van der Waals surface area contributed by atoms with E-state index in [2.05, 4.69) is 77.4 Å². The van der Waals surface area contributed by atoms with Gasteiger partial charge in [-0.3, -0.25) is 9.55 Å². The third kappa shape index (κ3) is 3.30. The van der Waals surface area contributed by atoms with Crippen molar-refractivity contribution in [2.45, 2.75) is 11.3 Å². The predicted molar refractivity (Wildman–Crippen MR) is 164 cm³/mol. The fraction of sp³-hybridized carbons (Fsp3) is 0.0294. The number of allylic oxidation sites excluding steroid dienone is 4. The van der Waals surface area contributed by atoms with Crippen LogP contribution in [0.2, 0.25) is 0 Å². The van der Waals surface area contributed by atoms with Crippen LogP contribution in [0.15, 0.2) is 120 Å². The monoisotopic (exact) mass is 518 g/mol. The molecule has 39 heavy (non-hydrogen) atoms. The van der Waals surface area contributed by atoms with E-state index in [1.54, 1.807) is 0 Å². The summed E-state index contributed by atoms with van der Waals surface area (Å²) in [5.41, 5.74) is 7.24. The summed E-state index contributed by atoms with van der Waals surface area (Å²) in [6.45, 7) is 0. The minimum absolute atomic E-state index is 0.688. The number of aromatic nitrogens is 4. The van der Waals surface area contributed by atoms with Gasteiger partial charge >= 0.3 is 0 Å². The van der Waals surface area contributed by atoms with Gasteiger partial charge < -0.3 is 0 Å². The third-order valence-corrected chi connectivity index (χ3v) is 8.01. The Bertz CT molecular complexity index is 2160. The number of fused-ring (bicyclic) bond motifs is 6. The first-order chi connectivity index (χ1) is 19.3. The topological polar surface area (TPSA) is 43.6 Å². The number of rotatable bonds is 3. The molecule has 3 heterocycles. The second-order valence-corrected chi connectivity index (χ2v) is 10.2. The lowest BCUT2D eigenvalue weighted by Crippen LogP contribution is -2.04. The summed E-state index contributed by atoms with van der Waals surface area (Å²) in [6.07, 6.45) is 9.28. The summed E-state index contributed by atoms with van der Waals surface area (Å²) in [5, 5.41) is 4.42. The summed E-state index contributed by atoms with van der Waals surface area (Å²) in [4.78, 5) is 16.0. The van der Waals surface area contributed by atoms with Crippen LogP contribution in [0.3, 0.4) is 0 Å². The molecule has 7 aromatic rings. The van der Waals surface area contributed by atoms with E-state index >= 15 is 0 Å². The molecule has 0 saturated carbocycles. The van der Waals surface area contributed by atoms with Crippen molar-refractivity contribution in [2.75, 3.05) is 0 Å². The maximum atomic E-state index is 5.27. The molecule has 0 saturated heterocycles. The minimum Gasteiger partial charge on any atom is -0.290 e. The average molecular weight is 519 g/mol. The van der Waals surface area contributed by atoms with Crippen LogP contribution in [-0.4, -0.2) is 19.5 Å². The maximum absolute atomic E-state index is 5.27. The lowest BCUT2D eigenvalue weighted by molar-refractivity contribution is 1.06. The summed E-state index contributed by atoms with van der Waals surface area (Å²) < 4.78 is 2.25. The Balaban J connectivity index is 1.59. The molecule has 0 amide bonds. The molecule has 0 spiro atoms. The van der Waals surface area contributed by atoms with Gasteiger partial charge in [0.2, 0.25) is 0 Å². The highest BCUT2D eigenvalue weighted by molar-refractivity contribution is 7.80. The molecule has 5 heteroatoms. The fourth-order valence-electron chi connectivity index (χ4n) is 5.88. The lowest BCUT2D eigenvalue weighted by atomic mass is 9.94. The summed E-state index contributed by atoms with van der Waals surface area (Å²) in [7, 11) is 0. The maximum Gasteiger partial charge on any atom is 0.162 e. The molecule has 1 aliphatic rings. The standard InChI is InChI=1S/C34H22N4S/c39-32-28(21-11-4-5-12-21)23-15-6-7-16-24(23)29-30-27(19-10-20-35-30)38(31(29)32)34-25-17-8-9-18-26(25)36-33(37-34)22-13-2-1-3-14-22/h1-11,13-20,39H,12H2. The Labute approximate surface area is 230 Å². The number of nitrogens with zero attached hydrogens (tertiary/aromatic N) is 4. The molecule has 4 nitrogen and oxygen atoms in total. The molecule has 0 unspecified atom stereocenters. The zero-order valence-corrected chi connectivity index (χ0v) is 21.8. The van der Waals surface area contributed by atoms with Crippen LogP contribution in [0.4, 0.5) is 0 Å². The van der Waals surface area contributed by atoms with Gasteiger partial charge in [-0.2, -0.15) is 0 Å². The molecule has 0 N–H and O–H groups in total.